The van der Waals surface area contributed by atoms with Gasteiger partial charge in [-0.3, -0.25) is 9.00 Å². The molecule has 8 nitrogen and oxygen atoms in total. The highest BCUT2D eigenvalue weighted by molar-refractivity contribution is 7.76. The number of nitrogens with zero attached hydrogens (tertiary/aromatic N) is 1. The van der Waals surface area contributed by atoms with Crippen LogP contribution in [0.15, 0.2) is 59.0 Å². The molecule has 1 unspecified atom stereocenters. The number of alkyl halides is 3. The van der Waals surface area contributed by atoms with E-state index in [1.54, 1.807) is 30.3 Å². The molecule has 220 valence electrons. The molecule has 0 bridgehead atoms. The summed E-state index contributed by atoms with van der Waals surface area (Å²) in [6, 6.07) is 13.1. The van der Waals surface area contributed by atoms with Gasteiger partial charge in [-0.05, 0) is 83.4 Å². The minimum absolute atomic E-state index is 0.00917. The van der Waals surface area contributed by atoms with Crippen molar-refractivity contribution < 1.29 is 41.2 Å². The van der Waals surface area contributed by atoms with Crippen molar-refractivity contribution in [1.29, 1.82) is 0 Å². The fourth-order valence-corrected chi connectivity index (χ4v) is 5.62. The van der Waals surface area contributed by atoms with Gasteiger partial charge in [0.15, 0.2) is 0 Å². The Balaban J connectivity index is 1.56. The number of furan rings is 1. The quantitative estimate of drug-likeness (QED) is 0.187. The average molecular weight is 620 g/mol. The molecule has 3 aromatic carbocycles. The number of nitrogens with one attached hydrogen (secondary N) is 1. The molecular weight excluding hydrogens is 596 g/mol. The van der Waals surface area contributed by atoms with Crippen LogP contribution in [0.2, 0.25) is 5.02 Å². The Kier molecular flexibility index (Phi) is 8.52. The monoisotopic (exact) mass is 619 g/mol. The number of fused-ring (bicyclic) bond motifs is 1. The van der Waals surface area contributed by atoms with E-state index in [1.165, 1.54) is 13.1 Å². The van der Waals surface area contributed by atoms with Gasteiger partial charge in [-0.2, -0.15) is 13.2 Å². The van der Waals surface area contributed by atoms with E-state index in [2.05, 4.69) is 5.32 Å². The van der Waals surface area contributed by atoms with Gasteiger partial charge in [0.2, 0.25) is 0 Å². The minimum atomic E-state index is -4.88. The topological polar surface area (TPSA) is 126 Å². The average Bonchev–Trinajstić information content (AvgIpc) is 3.72. The van der Waals surface area contributed by atoms with Crippen molar-refractivity contribution in [2.75, 3.05) is 7.05 Å². The molecule has 1 atom stereocenters. The first-order valence-corrected chi connectivity index (χ1v) is 14.3. The van der Waals surface area contributed by atoms with Gasteiger partial charge in [-0.25, -0.2) is 4.31 Å². The Bertz CT molecular complexity index is 1680. The zero-order valence-corrected chi connectivity index (χ0v) is 23.6. The number of halogens is 4. The molecule has 1 fully saturated rings. The Morgan fingerprint density at radius 3 is 2.40 bits per heavy atom. The van der Waals surface area contributed by atoms with Crippen LogP contribution in [0.3, 0.4) is 0 Å². The molecule has 1 saturated carbocycles. The standard InChI is InChI=1S/C28H25BClF3N2O6S/c1-34-27(36)25-21-12-20(16-3-4-16)18(11-24(21)41-26(25)17-5-7-19(30)8-6-17)14-35(42(39)40)13-15-2-9-23(29(37)38)22(10-15)28(31,32)33/h2,5-12,16,37-38H,3-4,13-14H2,1H3,(H,34,36)(H,39,40)/p-1. The first-order valence-electron chi connectivity index (χ1n) is 12.8. The van der Waals surface area contributed by atoms with Gasteiger partial charge in [0.25, 0.3) is 5.91 Å². The fraction of sp³-hybridized carbons (Fsp3) is 0.250. The lowest BCUT2D eigenvalue weighted by molar-refractivity contribution is -0.136. The fourth-order valence-electron chi connectivity index (χ4n) is 5.00. The third-order valence-electron chi connectivity index (χ3n) is 7.15. The van der Waals surface area contributed by atoms with Crippen molar-refractivity contribution in [2.24, 2.45) is 0 Å². The Labute approximate surface area is 246 Å². The third kappa shape index (κ3) is 6.26. The van der Waals surface area contributed by atoms with Crippen LogP contribution in [0.1, 0.15) is 51.4 Å². The second kappa shape index (κ2) is 11.8. The number of benzene rings is 3. The van der Waals surface area contributed by atoms with Crippen molar-refractivity contribution in [3.63, 3.8) is 0 Å². The van der Waals surface area contributed by atoms with E-state index in [9.17, 15) is 36.8 Å². The molecule has 0 spiro atoms. The molecule has 1 heterocycles. The summed E-state index contributed by atoms with van der Waals surface area (Å²) in [5.41, 5.74) is 0.697. The maximum Gasteiger partial charge on any atom is 0.489 e. The number of carbonyl (C=O) groups excluding carboxylic acids is 1. The lowest BCUT2D eigenvalue weighted by Gasteiger charge is -2.26. The Morgan fingerprint density at radius 2 is 1.83 bits per heavy atom. The summed E-state index contributed by atoms with van der Waals surface area (Å²) in [6.45, 7) is -0.573. The second-order valence-electron chi connectivity index (χ2n) is 10.0. The van der Waals surface area contributed by atoms with E-state index in [1.807, 2.05) is 6.07 Å². The largest absolute Gasteiger partial charge is 0.760 e. The number of amides is 1. The summed E-state index contributed by atoms with van der Waals surface area (Å²) in [5, 5.41) is 22.4. The van der Waals surface area contributed by atoms with Gasteiger partial charge in [0.1, 0.15) is 11.3 Å². The van der Waals surface area contributed by atoms with Crippen LogP contribution in [-0.2, 0) is 30.5 Å². The smallest absolute Gasteiger partial charge is 0.489 e. The van der Waals surface area contributed by atoms with E-state index < -0.39 is 42.1 Å². The first kappa shape index (κ1) is 30.3. The van der Waals surface area contributed by atoms with E-state index >= 15 is 0 Å². The van der Waals surface area contributed by atoms with Crippen LogP contribution in [0.4, 0.5) is 13.2 Å². The minimum Gasteiger partial charge on any atom is -0.760 e. The highest BCUT2D eigenvalue weighted by Crippen LogP contribution is 2.45. The predicted octanol–water partition coefficient (Wildman–Crippen LogP) is 4.49. The van der Waals surface area contributed by atoms with Gasteiger partial charge in [0.05, 0.1) is 11.1 Å². The van der Waals surface area contributed by atoms with Gasteiger partial charge in [0, 0.05) is 47.4 Å². The third-order valence-corrected chi connectivity index (χ3v) is 8.08. The van der Waals surface area contributed by atoms with E-state index in [0.29, 0.717) is 44.5 Å². The molecule has 5 rings (SSSR count). The summed E-state index contributed by atoms with van der Waals surface area (Å²) in [7, 11) is -0.846. The van der Waals surface area contributed by atoms with Gasteiger partial charge < -0.3 is 24.3 Å². The molecule has 14 heteroatoms. The SMILES string of the molecule is CNC(=O)c1c(-c2ccc(Cl)cc2)oc2cc(CN(Cc3ccc(B(O)O)c(C(F)(F)F)c3)S(=O)[O-])c(C3CC3)cc12. The van der Waals surface area contributed by atoms with Crippen molar-refractivity contribution in [2.45, 2.75) is 38.0 Å². The van der Waals surface area contributed by atoms with Crippen LogP contribution >= 0.6 is 11.6 Å². The van der Waals surface area contributed by atoms with Crippen molar-refractivity contribution in [3.05, 3.63) is 87.4 Å². The van der Waals surface area contributed by atoms with Crippen LogP contribution in [0.5, 0.6) is 0 Å². The lowest BCUT2D eigenvalue weighted by Crippen LogP contribution is -2.36. The highest BCUT2D eigenvalue weighted by atomic mass is 35.5. The summed E-state index contributed by atoms with van der Waals surface area (Å²) in [4.78, 5) is 13.0. The summed E-state index contributed by atoms with van der Waals surface area (Å²) in [5.74, 6) is 0.0716. The second-order valence-corrected chi connectivity index (χ2v) is 11.4. The Hall–Kier alpha value is -3.20. The molecule has 0 saturated heterocycles. The molecule has 4 aromatic rings. The van der Waals surface area contributed by atoms with E-state index in [-0.39, 0.29) is 23.9 Å². The van der Waals surface area contributed by atoms with Crippen LogP contribution in [0, 0.1) is 0 Å². The van der Waals surface area contributed by atoms with Gasteiger partial charge in [-0.1, -0.05) is 23.7 Å². The summed E-state index contributed by atoms with van der Waals surface area (Å²) in [6.07, 6.45) is -3.17. The maximum atomic E-state index is 13.6. The first-order chi connectivity index (χ1) is 19.9. The Morgan fingerprint density at radius 1 is 1.14 bits per heavy atom. The molecular formula is C28H24BClF3N2O6S-. The molecule has 3 N–H and O–H groups in total. The summed E-state index contributed by atoms with van der Waals surface area (Å²) >= 11 is 3.21. The maximum absolute atomic E-state index is 13.6. The molecule has 1 amide bonds. The van der Waals surface area contributed by atoms with Gasteiger partial charge in [-0.15, -0.1) is 0 Å². The predicted molar refractivity (Wildman–Crippen MR) is 151 cm³/mol. The summed E-state index contributed by atoms with van der Waals surface area (Å²) < 4.78 is 72.4. The van der Waals surface area contributed by atoms with Gasteiger partial charge >= 0.3 is 13.3 Å². The van der Waals surface area contributed by atoms with Crippen molar-refractivity contribution in [1.82, 2.24) is 9.62 Å². The highest BCUT2D eigenvalue weighted by Gasteiger charge is 2.36. The molecule has 42 heavy (non-hydrogen) atoms. The molecule has 1 aromatic heterocycles. The zero-order chi connectivity index (χ0) is 30.3. The van der Waals surface area contributed by atoms with Crippen LogP contribution < -0.4 is 10.8 Å². The van der Waals surface area contributed by atoms with Crippen molar-refractivity contribution in [3.8, 4) is 11.3 Å². The molecule has 1 aliphatic rings. The zero-order valence-electron chi connectivity index (χ0n) is 22.1. The molecule has 0 radical (unpaired) electrons. The van der Waals surface area contributed by atoms with E-state index in [0.717, 1.165) is 28.8 Å². The molecule has 0 aliphatic heterocycles. The lowest BCUT2D eigenvalue weighted by atomic mass is 9.76. The van der Waals surface area contributed by atoms with Crippen LogP contribution in [-0.4, -0.2) is 43.2 Å². The number of carbonyl (C=O) groups is 1. The normalized spacial score (nSPS) is 14.4. The van der Waals surface area contributed by atoms with Crippen LogP contribution in [0.25, 0.3) is 22.3 Å². The number of hydrogen-bond donors (Lipinski definition) is 3. The van der Waals surface area contributed by atoms with E-state index in [4.69, 9.17) is 16.0 Å². The number of rotatable bonds is 9. The molecule has 1 aliphatic carbocycles. The van der Waals surface area contributed by atoms with Crippen molar-refractivity contribution >= 4 is 52.3 Å². The number of hydrogen-bond acceptors (Lipinski definition) is 6.